The third-order valence-electron chi connectivity index (χ3n) is 5.62. The van der Waals surface area contributed by atoms with E-state index in [2.05, 4.69) is 11.1 Å². The number of aromatic amines is 1. The lowest BCUT2D eigenvalue weighted by Crippen LogP contribution is -2.30. The summed E-state index contributed by atoms with van der Waals surface area (Å²) in [5, 5.41) is 10.8. The molecule has 1 unspecified atom stereocenters. The molecular formula is C27H19N3O2S. The zero-order valence-corrected chi connectivity index (χ0v) is 18.4. The number of benzene rings is 3. The molecule has 33 heavy (non-hydrogen) atoms. The van der Waals surface area contributed by atoms with Gasteiger partial charge in [-0.05, 0) is 30.2 Å². The Labute approximate surface area is 195 Å². The maximum absolute atomic E-state index is 13.5. The predicted molar refractivity (Wildman–Crippen MR) is 131 cm³/mol. The molecule has 3 aromatic carbocycles. The van der Waals surface area contributed by atoms with Gasteiger partial charge in [-0.2, -0.15) is 5.26 Å². The standard InChI is InChI=1S/C27H19N3O2S/c28-16-21(25(31)22-17-29-23-14-8-7-13-20(22)23)27-30(19-11-5-2-6-12-19)26(32)24(33-27)15-18-9-3-1-4-10-18/h1-14,17,24,29H,15H2/b27-21+. The first-order valence-corrected chi connectivity index (χ1v) is 11.4. The predicted octanol–water partition coefficient (Wildman–Crippen LogP) is 5.48. The van der Waals surface area contributed by atoms with Crippen LogP contribution >= 0.6 is 11.8 Å². The van der Waals surface area contributed by atoms with Crippen molar-refractivity contribution in [2.45, 2.75) is 11.7 Å². The van der Waals surface area contributed by atoms with Crippen LogP contribution in [0.3, 0.4) is 0 Å². The molecule has 0 radical (unpaired) electrons. The summed E-state index contributed by atoms with van der Waals surface area (Å²) in [5.41, 5.74) is 2.87. The minimum absolute atomic E-state index is 0.0301. The van der Waals surface area contributed by atoms with Gasteiger partial charge in [-0.1, -0.05) is 78.5 Å². The molecule has 1 aliphatic rings. The van der Waals surface area contributed by atoms with Crippen molar-refractivity contribution in [1.82, 2.24) is 4.98 Å². The van der Waals surface area contributed by atoms with Gasteiger partial charge in [-0.25, -0.2) is 0 Å². The van der Waals surface area contributed by atoms with E-state index in [-0.39, 0.29) is 11.5 Å². The normalized spacial score (nSPS) is 17.2. The highest BCUT2D eigenvalue weighted by molar-refractivity contribution is 8.05. The second-order valence-electron chi connectivity index (χ2n) is 7.67. The average molecular weight is 450 g/mol. The molecular weight excluding hydrogens is 430 g/mol. The lowest BCUT2D eigenvalue weighted by atomic mass is 10.0. The Kier molecular flexibility index (Phi) is 5.55. The van der Waals surface area contributed by atoms with Crippen molar-refractivity contribution in [1.29, 1.82) is 5.26 Å². The SMILES string of the molecule is N#C/C(C(=O)c1c[nH]c2ccccc12)=C1\SC(Cc2ccccc2)C(=O)N1c1ccccc1. The quantitative estimate of drug-likeness (QED) is 0.249. The van der Waals surface area contributed by atoms with Crippen LogP contribution in [0.25, 0.3) is 10.9 Å². The number of rotatable bonds is 5. The number of carbonyl (C=O) groups is 2. The van der Waals surface area contributed by atoms with E-state index in [0.29, 0.717) is 22.7 Å². The van der Waals surface area contributed by atoms with Crippen LogP contribution in [0, 0.1) is 11.3 Å². The van der Waals surface area contributed by atoms with E-state index in [0.717, 1.165) is 16.5 Å². The molecule has 1 saturated heterocycles. The third-order valence-corrected chi connectivity index (χ3v) is 6.88. The number of carbonyl (C=O) groups excluding carboxylic acids is 2. The number of H-pyrrole nitrogens is 1. The van der Waals surface area contributed by atoms with E-state index in [1.54, 1.807) is 6.20 Å². The van der Waals surface area contributed by atoms with Gasteiger partial charge in [-0.15, -0.1) is 0 Å². The van der Waals surface area contributed by atoms with Gasteiger partial charge in [0.15, 0.2) is 0 Å². The summed E-state index contributed by atoms with van der Waals surface area (Å²) >= 11 is 1.28. The van der Waals surface area contributed by atoms with Crippen LogP contribution in [-0.4, -0.2) is 21.9 Å². The number of amides is 1. The fourth-order valence-electron chi connectivity index (χ4n) is 4.02. The molecule has 1 aliphatic heterocycles. The zero-order valence-electron chi connectivity index (χ0n) is 17.6. The van der Waals surface area contributed by atoms with Gasteiger partial charge >= 0.3 is 0 Å². The maximum atomic E-state index is 13.5. The fourth-order valence-corrected chi connectivity index (χ4v) is 5.33. The summed E-state index contributed by atoms with van der Waals surface area (Å²) in [6, 6.07) is 28.5. The molecule has 0 aliphatic carbocycles. The Balaban J connectivity index is 1.60. The Bertz CT molecular complexity index is 1420. The second-order valence-corrected chi connectivity index (χ2v) is 8.87. The Morgan fingerprint density at radius 1 is 0.970 bits per heavy atom. The van der Waals surface area contributed by atoms with E-state index >= 15 is 0 Å². The molecule has 2 heterocycles. The molecule has 5 rings (SSSR count). The number of aromatic nitrogens is 1. The lowest BCUT2D eigenvalue weighted by Gasteiger charge is -2.18. The molecule has 1 fully saturated rings. The number of nitriles is 1. The minimum Gasteiger partial charge on any atom is -0.360 e. The monoisotopic (exact) mass is 449 g/mol. The van der Waals surface area contributed by atoms with Crippen molar-refractivity contribution < 1.29 is 9.59 Å². The van der Waals surface area contributed by atoms with Crippen molar-refractivity contribution in [2.75, 3.05) is 4.90 Å². The first-order chi connectivity index (χ1) is 16.2. The molecule has 1 N–H and O–H groups in total. The number of allylic oxidation sites excluding steroid dienone is 1. The number of thioether (sulfide) groups is 1. The van der Waals surface area contributed by atoms with Crippen molar-refractivity contribution in [3.63, 3.8) is 0 Å². The number of fused-ring (bicyclic) bond motifs is 1. The highest BCUT2D eigenvalue weighted by atomic mass is 32.2. The summed E-state index contributed by atoms with van der Waals surface area (Å²) < 4.78 is 0. The number of Topliss-reactive ketones (excluding diaryl/α,β-unsaturated/α-hetero) is 1. The molecule has 0 bridgehead atoms. The number of ketones is 1. The van der Waals surface area contributed by atoms with Gasteiger partial charge in [0.05, 0.1) is 5.25 Å². The number of hydrogen-bond donors (Lipinski definition) is 1. The van der Waals surface area contributed by atoms with Crippen LogP contribution in [0.15, 0.2) is 102 Å². The minimum atomic E-state index is -0.429. The van der Waals surface area contributed by atoms with Crippen LogP contribution in [0.4, 0.5) is 5.69 Å². The van der Waals surface area contributed by atoms with Crippen LogP contribution < -0.4 is 4.90 Å². The van der Waals surface area contributed by atoms with Crippen LogP contribution in [-0.2, 0) is 11.2 Å². The highest BCUT2D eigenvalue weighted by Gasteiger charge is 2.41. The number of para-hydroxylation sites is 2. The summed E-state index contributed by atoms with van der Waals surface area (Å²) in [7, 11) is 0. The first kappa shape index (κ1) is 20.8. The Morgan fingerprint density at radius 2 is 1.64 bits per heavy atom. The Hall–Kier alpha value is -4.08. The number of hydrogen-bond acceptors (Lipinski definition) is 4. The van der Waals surface area contributed by atoms with E-state index in [1.165, 1.54) is 16.7 Å². The van der Waals surface area contributed by atoms with Gasteiger partial charge in [0.2, 0.25) is 11.7 Å². The van der Waals surface area contributed by atoms with Gasteiger partial charge in [0.25, 0.3) is 0 Å². The van der Waals surface area contributed by atoms with Gasteiger partial charge < -0.3 is 4.98 Å². The third kappa shape index (κ3) is 3.84. The van der Waals surface area contributed by atoms with E-state index < -0.39 is 11.0 Å². The topological polar surface area (TPSA) is 77.0 Å². The lowest BCUT2D eigenvalue weighted by molar-refractivity contribution is -0.117. The molecule has 0 saturated carbocycles. The molecule has 1 aromatic heterocycles. The molecule has 1 atom stereocenters. The highest BCUT2D eigenvalue weighted by Crippen LogP contribution is 2.42. The Morgan fingerprint density at radius 3 is 2.36 bits per heavy atom. The summed E-state index contributed by atoms with van der Waals surface area (Å²) in [6.45, 7) is 0. The zero-order chi connectivity index (χ0) is 22.8. The van der Waals surface area contributed by atoms with Crippen molar-refractivity contribution in [3.8, 4) is 6.07 Å². The molecule has 0 spiro atoms. The molecule has 5 nitrogen and oxygen atoms in total. The first-order valence-electron chi connectivity index (χ1n) is 10.5. The van der Waals surface area contributed by atoms with Crippen LogP contribution in [0.1, 0.15) is 15.9 Å². The second kappa shape index (κ2) is 8.81. The summed E-state index contributed by atoms with van der Waals surface area (Å²) in [5.74, 6) is -0.531. The van der Waals surface area contributed by atoms with E-state index in [4.69, 9.17) is 0 Å². The maximum Gasteiger partial charge on any atom is 0.245 e. The summed E-state index contributed by atoms with van der Waals surface area (Å²) in [6.07, 6.45) is 2.14. The largest absolute Gasteiger partial charge is 0.360 e. The number of nitrogens with zero attached hydrogens (tertiary/aromatic N) is 2. The summed E-state index contributed by atoms with van der Waals surface area (Å²) in [4.78, 5) is 31.7. The van der Waals surface area contributed by atoms with E-state index in [1.807, 2.05) is 84.9 Å². The molecule has 4 aromatic rings. The number of anilines is 1. The number of nitrogens with one attached hydrogen (secondary N) is 1. The molecule has 6 heteroatoms. The van der Waals surface area contributed by atoms with Gasteiger partial charge in [-0.3, -0.25) is 14.5 Å². The van der Waals surface area contributed by atoms with Crippen LogP contribution in [0.2, 0.25) is 0 Å². The van der Waals surface area contributed by atoms with E-state index in [9.17, 15) is 14.9 Å². The van der Waals surface area contributed by atoms with Crippen molar-refractivity contribution >= 4 is 40.0 Å². The van der Waals surface area contributed by atoms with Crippen molar-refractivity contribution in [3.05, 3.63) is 113 Å². The van der Waals surface area contributed by atoms with Crippen molar-refractivity contribution in [2.24, 2.45) is 0 Å². The van der Waals surface area contributed by atoms with Gasteiger partial charge in [0.1, 0.15) is 16.7 Å². The fraction of sp³-hybridized carbons (Fsp3) is 0.0741. The average Bonchev–Trinajstić information content (AvgIpc) is 3.42. The molecule has 160 valence electrons. The molecule has 1 amide bonds. The smallest absolute Gasteiger partial charge is 0.245 e. The van der Waals surface area contributed by atoms with Gasteiger partial charge in [0, 0.05) is 28.4 Å². The van der Waals surface area contributed by atoms with Crippen LogP contribution in [0.5, 0.6) is 0 Å².